The molecule has 0 saturated carbocycles. The van der Waals surface area contributed by atoms with Crippen molar-refractivity contribution in [2.75, 3.05) is 50.8 Å². The number of morpholine rings is 1. The van der Waals surface area contributed by atoms with Gasteiger partial charge in [0.05, 0.1) is 29.0 Å². The van der Waals surface area contributed by atoms with E-state index in [2.05, 4.69) is 29.3 Å². The number of carbonyl (C=O) groups is 2. The molecule has 1 N–H and O–H groups in total. The minimum atomic E-state index is -0.115. The van der Waals surface area contributed by atoms with E-state index in [1.807, 2.05) is 29.2 Å². The first-order chi connectivity index (χ1) is 16.7. The van der Waals surface area contributed by atoms with Crippen LogP contribution in [-0.4, -0.2) is 62.7 Å². The minimum Gasteiger partial charge on any atom is -0.378 e. The highest BCUT2D eigenvalue weighted by molar-refractivity contribution is 7.18. The number of benzene rings is 1. The van der Waals surface area contributed by atoms with Crippen molar-refractivity contribution < 1.29 is 14.3 Å². The molecule has 2 saturated heterocycles. The number of piperidine rings is 1. The maximum atomic E-state index is 13.5. The van der Waals surface area contributed by atoms with E-state index < -0.39 is 0 Å². The van der Waals surface area contributed by atoms with E-state index in [9.17, 15) is 9.59 Å². The zero-order chi connectivity index (χ0) is 23.8. The number of anilines is 1. The van der Waals surface area contributed by atoms with E-state index in [1.165, 1.54) is 12.8 Å². The smallest absolute Gasteiger partial charge is 0.264 e. The molecule has 1 atom stereocenters. The number of amides is 2. The number of unbranched alkanes of at least 4 members (excludes halogenated alkanes) is 3. The van der Waals surface area contributed by atoms with Crippen LogP contribution in [0.5, 0.6) is 0 Å². The molecule has 1 aromatic heterocycles. The molecule has 7 heteroatoms. The molecule has 0 spiro atoms. The molecule has 3 heterocycles. The second kappa shape index (κ2) is 12.4. The molecule has 1 unspecified atom stereocenters. The van der Waals surface area contributed by atoms with Gasteiger partial charge in [0.2, 0.25) is 5.91 Å². The van der Waals surface area contributed by atoms with Gasteiger partial charge in [0.1, 0.15) is 0 Å². The number of nitrogens with one attached hydrogen (secondary N) is 1. The molecule has 0 bridgehead atoms. The summed E-state index contributed by atoms with van der Waals surface area (Å²) >= 11 is 1.57. The predicted molar refractivity (Wildman–Crippen MR) is 139 cm³/mol. The third-order valence-electron chi connectivity index (χ3n) is 6.72. The van der Waals surface area contributed by atoms with Gasteiger partial charge in [-0.3, -0.25) is 9.59 Å². The SMILES string of the molecule is CCCCCCNC(=O)C1CCCN(C(=O)c2cc(-c3ccccc3)c(N3CCOCC3)s2)C1. The van der Waals surface area contributed by atoms with E-state index in [-0.39, 0.29) is 17.7 Å². The summed E-state index contributed by atoms with van der Waals surface area (Å²) < 4.78 is 5.55. The van der Waals surface area contributed by atoms with Crippen molar-refractivity contribution in [3.05, 3.63) is 41.3 Å². The number of hydrogen-bond donors (Lipinski definition) is 1. The van der Waals surface area contributed by atoms with Crippen molar-refractivity contribution in [1.29, 1.82) is 0 Å². The average Bonchev–Trinajstić information content (AvgIpc) is 3.35. The summed E-state index contributed by atoms with van der Waals surface area (Å²) in [6.07, 6.45) is 6.29. The third kappa shape index (κ3) is 6.19. The first kappa shape index (κ1) is 24.7. The Bertz CT molecular complexity index is 940. The second-order valence-corrected chi connectivity index (χ2v) is 10.3. The largest absolute Gasteiger partial charge is 0.378 e. The molecule has 2 aromatic rings. The van der Waals surface area contributed by atoms with Crippen LogP contribution >= 0.6 is 11.3 Å². The lowest BCUT2D eigenvalue weighted by molar-refractivity contribution is -0.126. The molecule has 34 heavy (non-hydrogen) atoms. The van der Waals surface area contributed by atoms with Crippen molar-refractivity contribution in [3.63, 3.8) is 0 Å². The molecule has 2 aliphatic rings. The molecule has 2 amide bonds. The van der Waals surface area contributed by atoms with Gasteiger partial charge in [0.15, 0.2) is 0 Å². The fraction of sp³-hybridized carbons (Fsp3) is 0.556. The molecule has 1 aromatic carbocycles. The number of hydrogen-bond acceptors (Lipinski definition) is 5. The number of likely N-dealkylation sites (tertiary alicyclic amines) is 1. The fourth-order valence-corrected chi connectivity index (χ4v) is 5.95. The van der Waals surface area contributed by atoms with E-state index in [4.69, 9.17) is 4.74 Å². The Morgan fingerprint density at radius 1 is 1.09 bits per heavy atom. The Balaban J connectivity index is 1.45. The van der Waals surface area contributed by atoms with Gasteiger partial charge in [0, 0.05) is 38.3 Å². The first-order valence-corrected chi connectivity index (χ1v) is 13.6. The van der Waals surface area contributed by atoms with E-state index in [0.29, 0.717) is 26.3 Å². The van der Waals surface area contributed by atoms with Crippen molar-refractivity contribution in [2.24, 2.45) is 5.92 Å². The molecule has 184 valence electrons. The van der Waals surface area contributed by atoms with Gasteiger partial charge >= 0.3 is 0 Å². The lowest BCUT2D eigenvalue weighted by Gasteiger charge is -2.32. The van der Waals surface area contributed by atoms with Crippen molar-refractivity contribution >= 4 is 28.2 Å². The average molecular weight is 484 g/mol. The normalized spacial score (nSPS) is 18.7. The minimum absolute atomic E-state index is 0.0436. The quantitative estimate of drug-likeness (QED) is 0.521. The number of ether oxygens (including phenoxy) is 1. The number of nitrogens with zero attached hydrogens (tertiary/aromatic N) is 2. The Kier molecular flexibility index (Phi) is 8.99. The van der Waals surface area contributed by atoms with Crippen molar-refractivity contribution in [3.8, 4) is 11.1 Å². The summed E-state index contributed by atoms with van der Waals surface area (Å²) in [6.45, 7) is 7.21. The molecular weight excluding hydrogens is 446 g/mol. The summed E-state index contributed by atoms with van der Waals surface area (Å²) in [5, 5.41) is 4.23. The fourth-order valence-electron chi connectivity index (χ4n) is 4.75. The van der Waals surface area contributed by atoms with Crippen LogP contribution in [0.2, 0.25) is 0 Å². The number of thiophene rings is 1. The standard InChI is InChI=1S/C27H37N3O3S/c1-2-3-4-8-13-28-25(31)22-12-9-14-30(20-22)26(32)24-19-23(21-10-6-5-7-11-21)27(34-24)29-15-17-33-18-16-29/h5-7,10-11,19,22H,2-4,8-9,12-18,20H2,1H3,(H,28,31). The Morgan fingerprint density at radius 2 is 1.88 bits per heavy atom. The van der Waals surface area contributed by atoms with Crippen LogP contribution < -0.4 is 10.2 Å². The zero-order valence-electron chi connectivity index (χ0n) is 20.3. The van der Waals surface area contributed by atoms with Crippen LogP contribution in [-0.2, 0) is 9.53 Å². The third-order valence-corrected chi connectivity index (χ3v) is 7.90. The topological polar surface area (TPSA) is 61.9 Å². The van der Waals surface area contributed by atoms with Crippen LogP contribution in [0, 0.1) is 5.92 Å². The van der Waals surface area contributed by atoms with E-state index >= 15 is 0 Å². The highest BCUT2D eigenvalue weighted by Gasteiger charge is 2.30. The first-order valence-electron chi connectivity index (χ1n) is 12.8. The number of rotatable bonds is 9. The van der Waals surface area contributed by atoms with Gasteiger partial charge < -0.3 is 19.9 Å². The zero-order valence-corrected chi connectivity index (χ0v) is 21.1. The van der Waals surface area contributed by atoms with Gasteiger partial charge in [-0.2, -0.15) is 0 Å². The molecule has 6 nitrogen and oxygen atoms in total. The second-order valence-electron chi connectivity index (χ2n) is 9.24. The Morgan fingerprint density at radius 3 is 2.65 bits per heavy atom. The van der Waals surface area contributed by atoms with E-state index in [1.54, 1.807) is 11.3 Å². The summed E-state index contributed by atoms with van der Waals surface area (Å²) in [6, 6.07) is 12.3. The molecule has 4 rings (SSSR count). The predicted octanol–water partition coefficient (Wildman–Crippen LogP) is 4.80. The van der Waals surface area contributed by atoms with Gasteiger partial charge in [-0.1, -0.05) is 56.5 Å². The van der Waals surface area contributed by atoms with Crippen LogP contribution in [0.1, 0.15) is 55.1 Å². The van der Waals surface area contributed by atoms with Crippen LogP contribution in [0.25, 0.3) is 11.1 Å². The van der Waals surface area contributed by atoms with E-state index in [0.717, 1.165) is 66.3 Å². The lowest BCUT2D eigenvalue weighted by Crippen LogP contribution is -2.45. The number of carbonyl (C=O) groups excluding carboxylic acids is 2. The van der Waals surface area contributed by atoms with Gasteiger partial charge in [0.25, 0.3) is 5.91 Å². The monoisotopic (exact) mass is 483 g/mol. The van der Waals surface area contributed by atoms with Crippen LogP contribution in [0.3, 0.4) is 0 Å². The summed E-state index contributed by atoms with van der Waals surface area (Å²) in [4.78, 5) is 31.2. The Hall–Kier alpha value is -2.38. The van der Waals surface area contributed by atoms with Gasteiger partial charge in [-0.25, -0.2) is 0 Å². The molecular formula is C27H37N3O3S. The molecule has 2 fully saturated rings. The van der Waals surface area contributed by atoms with Crippen molar-refractivity contribution in [1.82, 2.24) is 10.2 Å². The summed E-state index contributed by atoms with van der Waals surface area (Å²) in [7, 11) is 0. The van der Waals surface area contributed by atoms with Crippen LogP contribution in [0.15, 0.2) is 36.4 Å². The van der Waals surface area contributed by atoms with Crippen molar-refractivity contribution in [2.45, 2.75) is 45.4 Å². The molecule has 2 aliphatic heterocycles. The highest BCUT2D eigenvalue weighted by Crippen LogP contribution is 2.40. The molecule has 0 radical (unpaired) electrons. The van der Waals surface area contributed by atoms with Gasteiger partial charge in [-0.05, 0) is 30.9 Å². The Labute approximate surface area is 207 Å². The van der Waals surface area contributed by atoms with Crippen LogP contribution in [0.4, 0.5) is 5.00 Å². The maximum Gasteiger partial charge on any atom is 0.264 e. The molecule has 0 aliphatic carbocycles. The summed E-state index contributed by atoms with van der Waals surface area (Å²) in [5.41, 5.74) is 2.23. The van der Waals surface area contributed by atoms with Gasteiger partial charge in [-0.15, -0.1) is 11.3 Å². The highest BCUT2D eigenvalue weighted by atomic mass is 32.1. The maximum absolute atomic E-state index is 13.5. The lowest BCUT2D eigenvalue weighted by atomic mass is 9.96. The summed E-state index contributed by atoms with van der Waals surface area (Å²) in [5.74, 6) is 0.0254.